The molecule has 3 aliphatic rings. The zero-order valence-electron chi connectivity index (χ0n) is 25.6. The predicted octanol–water partition coefficient (Wildman–Crippen LogP) is 6.51. The fraction of sp³-hybridized carbons (Fsp3) is 0.421. The van der Waals surface area contributed by atoms with Crippen LogP contribution in [0.1, 0.15) is 61.3 Å². The van der Waals surface area contributed by atoms with Crippen LogP contribution in [0, 0.1) is 5.92 Å². The Bertz CT molecular complexity index is 1440. The zero-order valence-corrected chi connectivity index (χ0v) is 25.6. The van der Waals surface area contributed by atoms with Crippen molar-refractivity contribution in [3.05, 3.63) is 107 Å². The first-order chi connectivity index (χ1) is 21.1. The third-order valence-electron chi connectivity index (χ3n) is 9.83. The van der Waals surface area contributed by atoms with Crippen molar-refractivity contribution in [3.8, 4) is 0 Å². The Kier molecular flexibility index (Phi) is 9.08. The molecule has 3 aromatic carbocycles. The monoisotopic (exact) mass is 575 g/mol. The molecule has 43 heavy (non-hydrogen) atoms. The van der Waals surface area contributed by atoms with Crippen LogP contribution in [0.15, 0.2) is 84.9 Å². The number of anilines is 1. The van der Waals surface area contributed by atoms with Crippen molar-refractivity contribution in [1.29, 1.82) is 0 Å². The summed E-state index contributed by atoms with van der Waals surface area (Å²) in [6.07, 6.45) is 11.0. The van der Waals surface area contributed by atoms with Crippen LogP contribution in [-0.4, -0.2) is 60.9 Å². The average molecular weight is 576 g/mol. The van der Waals surface area contributed by atoms with E-state index in [-0.39, 0.29) is 23.1 Å². The molecule has 2 amide bonds. The predicted molar refractivity (Wildman–Crippen MR) is 175 cm³/mol. The molecule has 1 unspecified atom stereocenters. The third-order valence-corrected chi connectivity index (χ3v) is 9.83. The summed E-state index contributed by atoms with van der Waals surface area (Å²) in [4.78, 5) is 33.6. The van der Waals surface area contributed by atoms with E-state index in [1.165, 1.54) is 22.3 Å². The van der Waals surface area contributed by atoms with Gasteiger partial charge in [0.15, 0.2) is 0 Å². The maximum absolute atomic E-state index is 14.2. The number of para-hydroxylation sites is 1. The van der Waals surface area contributed by atoms with Crippen LogP contribution < -0.4 is 4.90 Å². The number of allylic oxidation sites excluding steroid dienone is 1. The van der Waals surface area contributed by atoms with Gasteiger partial charge in [0.25, 0.3) is 0 Å². The molecule has 2 fully saturated rings. The van der Waals surface area contributed by atoms with Crippen LogP contribution in [0.2, 0.25) is 0 Å². The van der Waals surface area contributed by atoms with Gasteiger partial charge in [-0.1, -0.05) is 98.3 Å². The Labute approximate surface area is 257 Å². The van der Waals surface area contributed by atoms with Gasteiger partial charge in [-0.3, -0.25) is 9.59 Å². The van der Waals surface area contributed by atoms with E-state index in [1.807, 2.05) is 34.1 Å². The Hall–Kier alpha value is -3.70. The lowest BCUT2D eigenvalue weighted by atomic mass is 9.74. The summed E-state index contributed by atoms with van der Waals surface area (Å²) < 4.78 is 0. The van der Waals surface area contributed by atoms with Crippen LogP contribution in [-0.2, 0) is 27.8 Å². The second-order valence-corrected chi connectivity index (χ2v) is 12.6. The molecule has 2 aliphatic heterocycles. The minimum Gasteiger partial charge on any atom is -0.342 e. The van der Waals surface area contributed by atoms with Gasteiger partial charge in [0.1, 0.15) is 0 Å². The highest BCUT2D eigenvalue weighted by Crippen LogP contribution is 2.43. The molecule has 3 aromatic rings. The molecule has 0 N–H and O–H groups in total. The summed E-state index contributed by atoms with van der Waals surface area (Å²) in [5, 5.41) is 0. The first-order valence-electron chi connectivity index (χ1n) is 16.3. The molecule has 0 aromatic heterocycles. The number of nitrogens with zero attached hydrogens (tertiary/aromatic N) is 3. The number of likely N-dealkylation sites (tertiary alicyclic amines) is 2. The normalized spacial score (nSPS) is 19.2. The summed E-state index contributed by atoms with van der Waals surface area (Å²) >= 11 is 0. The largest absolute Gasteiger partial charge is 0.342 e. The molecule has 6 rings (SSSR count). The molecular formula is C38H45N3O2. The Balaban J connectivity index is 1.09. The molecule has 224 valence electrons. The molecular weight excluding hydrogens is 530 g/mol. The van der Waals surface area contributed by atoms with Gasteiger partial charge in [-0.05, 0) is 80.1 Å². The van der Waals surface area contributed by atoms with E-state index in [0.29, 0.717) is 26.1 Å². The number of hydrogen-bond donors (Lipinski definition) is 0. The van der Waals surface area contributed by atoms with Gasteiger partial charge in [0, 0.05) is 37.2 Å². The quantitative estimate of drug-likeness (QED) is 0.262. The summed E-state index contributed by atoms with van der Waals surface area (Å²) in [5.74, 6) is -0.0905. The molecule has 5 nitrogen and oxygen atoms in total. The molecule has 1 spiro atoms. The maximum Gasteiger partial charge on any atom is 0.232 e. The minimum absolute atomic E-state index is 0.0980. The maximum atomic E-state index is 14.2. The van der Waals surface area contributed by atoms with Crippen LogP contribution in [0.3, 0.4) is 0 Å². The summed E-state index contributed by atoms with van der Waals surface area (Å²) in [6, 6.07) is 27.5. The Morgan fingerprint density at radius 3 is 2.47 bits per heavy atom. The van der Waals surface area contributed by atoms with E-state index in [9.17, 15) is 9.59 Å². The van der Waals surface area contributed by atoms with Gasteiger partial charge in [-0.25, -0.2) is 0 Å². The van der Waals surface area contributed by atoms with Crippen LogP contribution >= 0.6 is 0 Å². The van der Waals surface area contributed by atoms with Crippen LogP contribution in [0.25, 0.3) is 6.08 Å². The highest BCUT2D eigenvalue weighted by molar-refractivity contribution is 5.99. The lowest BCUT2D eigenvalue weighted by Crippen LogP contribution is -2.43. The minimum atomic E-state index is -0.290. The highest BCUT2D eigenvalue weighted by Gasteiger charge is 2.39. The van der Waals surface area contributed by atoms with E-state index in [0.717, 1.165) is 63.8 Å². The third kappa shape index (κ3) is 6.47. The molecule has 0 bridgehead atoms. The number of carbonyl (C=O) groups excluding carboxylic acids is 2. The van der Waals surface area contributed by atoms with Crippen LogP contribution in [0.4, 0.5) is 5.69 Å². The van der Waals surface area contributed by atoms with E-state index in [2.05, 4.69) is 78.6 Å². The number of carbonyl (C=O) groups is 2. The van der Waals surface area contributed by atoms with Gasteiger partial charge in [0.2, 0.25) is 11.8 Å². The second-order valence-electron chi connectivity index (χ2n) is 12.6. The molecule has 2 heterocycles. The molecule has 2 saturated heterocycles. The molecule has 5 heteroatoms. The number of fused-ring (bicyclic) bond motifs is 2. The van der Waals surface area contributed by atoms with E-state index >= 15 is 0 Å². The van der Waals surface area contributed by atoms with Gasteiger partial charge in [0.05, 0.1) is 5.92 Å². The summed E-state index contributed by atoms with van der Waals surface area (Å²) in [7, 11) is 0. The number of hydrogen-bond acceptors (Lipinski definition) is 3. The fourth-order valence-corrected chi connectivity index (χ4v) is 7.39. The van der Waals surface area contributed by atoms with Crippen LogP contribution in [0.5, 0.6) is 0 Å². The first kappa shape index (κ1) is 29.4. The smallest absolute Gasteiger partial charge is 0.232 e. The van der Waals surface area contributed by atoms with Crippen molar-refractivity contribution in [3.63, 3.8) is 0 Å². The highest BCUT2D eigenvalue weighted by atomic mass is 16.2. The first-order valence-corrected chi connectivity index (χ1v) is 16.3. The lowest BCUT2D eigenvalue weighted by Gasteiger charge is -2.39. The van der Waals surface area contributed by atoms with Gasteiger partial charge in [-0.2, -0.15) is 0 Å². The van der Waals surface area contributed by atoms with Crippen molar-refractivity contribution in [2.45, 2.75) is 57.3 Å². The lowest BCUT2D eigenvalue weighted by molar-refractivity contribution is -0.128. The van der Waals surface area contributed by atoms with E-state index in [1.54, 1.807) is 0 Å². The van der Waals surface area contributed by atoms with E-state index < -0.39 is 0 Å². The number of rotatable bonds is 11. The fourth-order valence-electron chi connectivity index (χ4n) is 7.39. The second kappa shape index (κ2) is 13.3. The summed E-state index contributed by atoms with van der Waals surface area (Å²) in [5.41, 5.74) is 6.51. The molecule has 0 radical (unpaired) electrons. The number of aryl methyl sites for hydroxylation is 1. The topological polar surface area (TPSA) is 43.9 Å². The zero-order chi connectivity index (χ0) is 29.6. The number of piperidine rings is 1. The number of benzene rings is 3. The standard InChI is InChI=1S/C38H45N3O2/c1-2-11-32-15-7-9-17-35(32)41(37(43)33-28-36(42)40(29-33)25-19-30-12-4-3-5-13-30)24-10-23-39-26-21-38(22-27-39)20-18-31-14-6-8-16-34(31)38/h3-9,12-18,20,33H,2,10-11,19,21-29H2,1H3. The molecule has 1 aliphatic carbocycles. The Morgan fingerprint density at radius 2 is 1.65 bits per heavy atom. The number of amides is 2. The Morgan fingerprint density at radius 1 is 0.907 bits per heavy atom. The molecule has 1 atom stereocenters. The van der Waals surface area contributed by atoms with Crippen molar-refractivity contribution in [1.82, 2.24) is 9.80 Å². The van der Waals surface area contributed by atoms with Crippen molar-refractivity contribution in [2.75, 3.05) is 44.2 Å². The average Bonchev–Trinajstić information content (AvgIpc) is 3.60. The van der Waals surface area contributed by atoms with Crippen molar-refractivity contribution < 1.29 is 9.59 Å². The summed E-state index contributed by atoms with van der Waals surface area (Å²) in [6.45, 7) is 7.17. The van der Waals surface area contributed by atoms with Gasteiger partial charge >= 0.3 is 0 Å². The SMILES string of the molecule is CCCc1ccccc1N(CCCN1CCC2(C=Cc3ccccc32)CC1)C(=O)C1CC(=O)N(CCc2ccccc2)C1. The van der Waals surface area contributed by atoms with Crippen molar-refractivity contribution in [2.24, 2.45) is 5.92 Å². The van der Waals surface area contributed by atoms with E-state index in [4.69, 9.17) is 0 Å². The van der Waals surface area contributed by atoms with Crippen molar-refractivity contribution >= 4 is 23.6 Å². The molecule has 0 saturated carbocycles. The van der Waals surface area contributed by atoms with Gasteiger partial charge in [-0.15, -0.1) is 0 Å². The van der Waals surface area contributed by atoms with Gasteiger partial charge < -0.3 is 14.7 Å².